The lowest BCUT2D eigenvalue weighted by atomic mass is 10.2. The zero-order valence-electron chi connectivity index (χ0n) is 7.31. The van der Waals surface area contributed by atoms with E-state index in [2.05, 4.69) is 13.8 Å². The molecular formula is C7H21NO. The molecule has 3 N–H and O–H groups in total. The summed E-state index contributed by atoms with van der Waals surface area (Å²) in [6.07, 6.45) is 0. The van der Waals surface area contributed by atoms with Crippen LogP contribution in [0.25, 0.3) is 0 Å². The summed E-state index contributed by atoms with van der Waals surface area (Å²) in [6, 6.07) is 0. The highest BCUT2D eigenvalue weighted by molar-refractivity contribution is 4.38. The summed E-state index contributed by atoms with van der Waals surface area (Å²) in [4.78, 5) is 0. The molecule has 0 rings (SSSR count). The molecule has 0 fully saturated rings. The van der Waals surface area contributed by atoms with E-state index in [1.54, 1.807) is 0 Å². The highest BCUT2D eigenvalue weighted by Crippen LogP contribution is 1.81. The molecule has 0 bridgehead atoms. The van der Waals surface area contributed by atoms with Crippen LogP contribution >= 0.6 is 0 Å². The summed E-state index contributed by atoms with van der Waals surface area (Å²) in [6.45, 7) is 9.00. The first-order valence-electron chi connectivity index (χ1n) is 3.42. The van der Waals surface area contributed by atoms with Gasteiger partial charge in [0.1, 0.15) is 0 Å². The molecule has 0 aromatic rings. The molecule has 0 saturated carbocycles. The van der Waals surface area contributed by atoms with Crippen molar-refractivity contribution >= 4 is 0 Å². The standard InChI is InChI=1S/C4H11N.C2H6.CH4O/c1-4(2)3-5;2*1-2/h4H,3,5H2,1-2H3;1-2H3;2H,1H3. The average Bonchev–Trinajstić information content (AvgIpc) is 1.97. The van der Waals surface area contributed by atoms with Crippen LogP contribution in [-0.4, -0.2) is 18.8 Å². The zero-order chi connectivity index (χ0) is 8.28. The van der Waals surface area contributed by atoms with Crippen molar-refractivity contribution in [2.75, 3.05) is 13.7 Å². The van der Waals surface area contributed by atoms with Crippen LogP contribution < -0.4 is 5.73 Å². The topological polar surface area (TPSA) is 46.2 Å². The predicted octanol–water partition coefficient (Wildman–Crippen LogP) is 1.24. The predicted molar refractivity (Wildman–Crippen MR) is 43.4 cm³/mol. The van der Waals surface area contributed by atoms with Gasteiger partial charge < -0.3 is 10.8 Å². The summed E-state index contributed by atoms with van der Waals surface area (Å²) < 4.78 is 0. The fourth-order valence-electron chi connectivity index (χ4n) is 0. The molecule has 0 radical (unpaired) electrons. The molecule has 0 amide bonds. The van der Waals surface area contributed by atoms with Crippen molar-refractivity contribution in [1.29, 1.82) is 0 Å². The minimum atomic E-state index is 0.662. The third kappa shape index (κ3) is 75.3. The SMILES string of the molecule is CC.CC(C)CN.CO. The summed E-state index contributed by atoms with van der Waals surface area (Å²) >= 11 is 0. The highest BCUT2D eigenvalue weighted by Gasteiger charge is 1.80. The molecule has 0 heterocycles. The molecule has 0 saturated heterocycles. The maximum atomic E-state index is 7.00. The zero-order valence-corrected chi connectivity index (χ0v) is 7.31. The van der Waals surface area contributed by atoms with Gasteiger partial charge in [-0.2, -0.15) is 0 Å². The van der Waals surface area contributed by atoms with Gasteiger partial charge in [-0.05, 0) is 12.5 Å². The van der Waals surface area contributed by atoms with E-state index in [0.29, 0.717) is 5.92 Å². The van der Waals surface area contributed by atoms with Crippen LogP contribution in [0, 0.1) is 5.92 Å². The first-order valence-corrected chi connectivity index (χ1v) is 3.42. The number of hydrogen-bond acceptors (Lipinski definition) is 2. The number of nitrogens with two attached hydrogens (primary N) is 1. The maximum Gasteiger partial charge on any atom is 0.0319 e. The van der Waals surface area contributed by atoms with Gasteiger partial charge in [-0.15, -0.1) is 0 Å². The number of aliphatic hydroxyl groups excluding tert-OH is 1. The minimum Gasteiger partial charge on any atom is -0.400 e. The van der Waals surface area contributed by atoms with Gasteiger partial charge in [0.2, 0.25) is 0 Å². The average molecular weight is 135 g/mol. The summed E-state index contributed by atoms with van der Waals surface area (Å²) in [5.74, 6) is 0.662. The molecule has 2 heteroatoms. The van der Waals surface area contributed by atoms with Gasteiger partial charge >= 0.3 is 0 Å². The fraction of sp³-hybridized carbons (Fsp3) is 1.00. The second kappa shape index (κ2) is 24.7. The van der Waals surface area contributed by atoms with Crippen LogP contribution in [0.3, 0.4) is 0 Å². The van der Waals surface area contributed by atoms with E-state index >= 15 is 0 Å². The normalized spacial score (nSPS) is 6.67. The van der Waals surface area contributed by atoms with E-state index in [9.17, 15) is 0 Å². The van der Waals surface area contributed by atoms with Crippen molar-refractivity contribution in [3.8, 4) is 0 Å². The highest BCUT2D eigenvalue weighted by atomic mass is 16.2. The molecule has 0 aromatic carbocycles. The molecule has 0 aliphatic heterocycles. The van der Waals surface area contributed by atoms with Crippen LogP contribution in [0.4, 0.5) is 0 Å². The second-order valence-electron chi connectivity index (χ2n) is 1.63. The van der Waals surface area contributed by atoms with E-state index in [-0.39, 0.29) is 0 Å². The van der Waals surface area contributed by atoms with Gasteiger partial charge in [0, 0.05) is 7.11 Å². The third-order valence-electron chi connectivity index (χ3n) is 0.471. The van der Waals surface area contributed by atoms with E-state index in [1.165, 1.54) is 0 Å². The Balaban J connectivity index is -0.0000000771. The number of hydrogen-bond donors (Lipinski definition) is 2. The second-order valence-corrected chi connectivity index (χ2v) is 1.63. The van der Waals surface area contributed by atoms with Gasteiger partial charge in [-0.1, -0.05) is 27.7 Å². The van der Waals surface area contributed by atoms with Crippen molar-refractivity contribution in [1.82, 2.24) is 0 Å². The largest absolute Gasteiger partial charge is 0.400 e. The number of rotatable bonds is 1. The van der Waals surface area contributed by atoms with Gasteiger partial charge in [0.05, 0.1) is 0 Å². The quantitative estimate of drug-likeness (QED) is 0.568. The monoisotopic (exact) mass is 135 g/mol. The molecule has 2 nitrogen and oxygen atoms in total. The van der Waals surface area contributed by atoms with Crippen molar-refractivity contribution in [2.45, 2.75) is 27.7 Å². The molecule has 0 atom stereocenters. The van der Waals surface area contributed by atoms with Gasteiger partial charge in [0.15, 0.2) is 0 Å². The van der Waals surface area contributed by atoms with E-state index in [1.807, 2.05) is 13.8 Å². The lowest BCUT2D eigenvalue weighted by molar-refractivity contribution is 0.399. The van der Waals surface area contributed by atoms with Gasteiger partial charge in [0.25, 0.3) is 0 Å². The summed E-state index contributed by atoms with van der Waals surface area (Å²) in [5, 5.41) is 7.00. The molecule has 0 aromatic heterocycles. The smallest absolute Gasteiger partial charge is 0.0319 e. The van der Waals surface area contributed by atoms with Crippen LogP contribution in [-0.2, 0) is 0 Å². The Bertz CT molecular complexity index is 22.9. The van der Waals surface area contributed by atoms with E-state index in [4.69, 9.17) is 10.8 Å². The Labute approximate surface area is 59.1 Å². The van der Waals surface area contributed by atoms with Crippen molar-refractivity contribution < 1.29 is 5.11 Å². The molecule has 0 aliphatic rings. The van der Waals surface area contributed by atoms with Gasteiger partial charge in [-0.25, -0.2) is 0 Å². The molecule has 60 valence electrons. The first kappa shape index (κ1) is 16.0. The van der Waals surface area contributed by atoms with Crippen molar-refractivity contribution in [2.24, 2.45) is 11.7 Å². The van der Waals surface area contributed by atoms with Crippen LogP contribution in [0.2, 0.25) is 0 Å². The Hall–Kier alpha value is -0.0800. The minimum absolute atomic E-state index is 0.662. The van der Waals surface area contributed by atoms with Crippen LogP contribution in [0.15, 0.2) is 0 Å². The Morgan fingerprint density at radius 1 is 1.22 bits per heavy atom. The number of aliphatic hydroxyl groups is 1. The first-order chi connectivity index (χ1) is 4.27. The summed E-state index contributed by atoms with van der Waals surface area (Å²) in [5.41, 5.74) is 5.17. The van der Waals surface area contributed by atoms with E-state index < -0.39 is 0 Å². The lowest BCUT2D eigenvalue weighted by Gasteiger charge is -1.91. The molecule has 0 spiro atoms. The van der Waals surface area contributed by atoms with E-state index in [0.717, 1.165) is 13.7 Å². The van der Waals surface area contributed by atoms with Crippen molar-refractivity contribution in [3.05, 3.63) is 0 Å². The Morgan fingerprint density at radius 2 is 1.33 bits per heavy atom. The third-order valence-corrected chi connectivity index (χ3v) is 0.471. The molecular weight excluding hydrogens is 114 g/mol. The Morgan fingerprint density at radius 3 is 1.33 bits per heavy atom. The van der Waals surface area contributed by atoms with Crippen molar-refractivity contribution in [3.63, 3.8) is 0 Å². The van der Waals surface area contributed by atoms with Crippen LogP contribution in [0.1, 0.15) is 27.7 Å². The molecule has 9 heavy (non-hydrogen) atoms. The van der Waals surface area contributed by atoms with Gasteiger partial charge in [-0.3, -0.25) is 0 Å². The molecule has 0 unspecified atom stereocenters. The lowest BCUT2D eigenvalue weighted by Crippen LogP contribution is -2.05. The molecule has 0 aliphatic carbocycles. The van der Waals surface area contributed by atoms with Crippen LogP contribution in [0.5, 0.6) is 0 Å². The summed E-state index contributed by atoms with van der Waals surface area (Å²) in [7, 11) is 1.00. The Kier molecular flexibility index (Phi) is 43.8. The fourth-order valence-corrected chi connectivity index (χ4v) is 0. The maximum absolute atomic E-state index is 7.00.